The summed E-state index contributed by atoms with van der Waals surface area (Å²) in [6, 6.07) is 7.92. The van der Waals surface area contributed by atoms with Crippen molar-refractivity contribution in [3.8, 4) is 0 Å². The molecule has 0 saturated heterocycles. The molecule has 1 aliphatic heterocycles. The van der Waals surface area contributed by atoms with Crippen LogP contribution in [0.25, 0.3) is 0 Å². The Labute approximate surface area is 194 Å². The van der Waals surface area contributed by atoms with Crippen LogP contribution in [-0.4, -0.2) is 50.9 Å². The van der Waals surface area contributed by atoms with Crippen molar-refractivity contribution in [2.75, 3.05) is 7.11 Å². The number of carbonyl (C=O) groups is 3. The Bertz CT molecular complexity index is 1050. The summed E-state index contributed by atoms with van der Waals surface area (Å²) in [5, 5.41) is 3.23. The number of fused-ring (bicyclic) bond motifs is 1. The van der Waals surface area contributed by atoms with E-state index in [9.17, 15) is 14.4 Å². The van der Waals surface area contributed by atoms with Gasteiger partial charge in [-0.05, 0) is 37.8 Å². The quantitative estimate of drug-likeness (QED) is 0.555. The van der Waals surface area contributed by atoms with Crippen molar-refractivity contribution < 1.29 is 19.1 Å². The summed E-state index contributed by atoms with van der Waals surface area (Å²) in [6.07, 6.45) is 7.93. The van der Waals surface area contributed by atoms with Gasteiger partial charge in [-0.1, -0.05) is 49.9 Å². The second-order valence-corrected chi connectivity index (χ2v) is 9.31. The van der Waals surface area contributed by atoms with Crippen LogP contribution < -0.4 is 5.32 Å². The Morgan fingerprint density at radius 2 is 1.88 bits per heavy atom. The number of carbonyl (C=O) groups excluding carboxylic acids is 3. The standard InChI is InChI=1S/C25H32N4O4/c1-17-10-8-9-11-18(17)14-29-22(30)21-20(23(31)33-3)26-16-28(21)15-25(29,2)24(32)27-19-12-6-4-5-7-13-19/h8-11,16,19H,4-7,12-15H2,1-3H3,(H,27,32)/t25-/m1/s1. The van der Waals surface area contributed by atoms with Gasteiger partial charge in [0.05, 0.1) is 20.0 Å². The van der Waals surface area contributed by atoms with E-state index < -0.39 is 17.4 Å². The highest BCUT2D eigenvalue weighted by Crippen LogP contribution is 2.32. The van der Waals surface area contributed by atoms with E-state index in [1.165, 1.54) is 26.3 Å². The molecule has 0 radical (unpaired) electrons. The van der Waals surface area contributed by atoms with Crippen LogP contribution in [-0.2, 0) is 22.6 Å². The molecule has 2 aliphatic rings. The van der Waals surface area contributed by atoms with Gasteiger partial charge in [0.2, 0.25) is 5.91 Å². The number of ether oxygens (including phenoxy) is 1. The molecular formula is C25H32N4O4. The van der Waals surface area contributed by atoms with Crippen LogP contribution >= 0.6 is 0 Å². The summed E-state index contributed by atoms with van der Waals surface area (Å²) in [5.74, 6) is -1.24. The van der Waals surface area contributed by atoms with E-state index in [0.29, 0.717) is 0 Å². The number of hydrogen-bond acceptors (Lipinski definition) is 5. The average molecular weight is 453 g/mol. The second kappa shape index (κ2) is 9.37. The molecule has 1 atom stereocenters. The zero-order valence-electron chi connectivity index (χ0n) is 19.6. The SMILES string of the molecule is COC(=O)c1ncn2c1C(=O)N(Cc1ccccc1C)[C@@](C)(C(=O)NC1CCCCCC1)C2. The van der Waals surface area contributed by atoms with Crippen LogP contribution in [0.15, 0.2) is 30.6 Å². The van der Waals surface area contributed by atoms with E-state index in [0.717, 1.165) is 36.8 Å². The minimum Gasteiger partial charge on any atom is -0.464 e. The summed E-state index contributed by atoms with van der Waals surface area (Å²) in [6.45, 7) is 4.25. The van der Waals surface area contributed by atoms with Crippen LogP contribution in [0.2, 0.25) is 0 Å². The molecule has 1 aromatic carbocycles. The monoisotopic (exact) mass is 452 g/mol. The first-order valence-corrected chi connectivity index (χ1v) is 11.7. The van der Waals surface area contributed by atoms with Crippen molar-refractivity contribution in [3.05, 3.63) is 53.1 Å². The maximum absolute atomic E-state index is 13.8. The zero-order chi connectivity index (χ0) is 23.6. The fourth-order valence-corrected chi connectivity index (χ4v) is 4.90. The zero-order valence-corrected chi connectivity index (χ0v) is 19.6. The van der Waals surface area contributed by atoms with Crippen molar-refractivity contribution in [2.45, 2.75) is 77.0 Å². The van der Waals surface area contributed by atoms with Crippen LogP contribution in [0.3, 0.4) is 0 Å². The van der Waals surface area contributed by atoms with Crippen molar-refractivity contribution >= 4 is 17.8 Å². The fourth-order valence-electron chi connectivity index (χ4n) is 4.90. The van der Waals surface area contributed by atoms with E-state index in [4.69, 9.17) is 4.74 Å². The van der Waals surface area contributed by atoms with Gasteiger partial charge in [0.25, 0.3) is 5.91 Å². The van der Waals surface area contributed by atoms with Crippen LogP contribution in [0.4, 0.5) is 0 Å². The molecule has 1 aromatic heterocycles. The van der Waals surface area contributed by atoms with E-state index >= 15 is 0 Å². The summed E-state index contributed by atoms with van der Waals surface area (Å²) in [7, 11) is 1.26. The number of amides is 2. The second-order valence-electron chi connectivity index (χ2n) is 9.31. The van der Waals surface area contributed by atoms with Gasteiger partial charge in [0.15, 0.2) is 5.69 Å². The lowest BCUT2D eigenvalue weighted by molar-refractivity contribution is -0.134. The number of rotatable bonds is 5. The van der Waals surface area contributed by atoms with Gasteiger partial charge in [-0.3, -0.25) is 9.59 Å². The van der Waals surface area contributed by atoms with E-state index in [1.54, 1.807) is 16.4 Å². The molecule has 8 heteroatoms. The topological polar surface area (TPSA) is 93.5 Å². The number of aromatic nitrogens is 2. The summed E-state index contributed by atoms with van der Waals surface area (Å²) in [5.41, 5.74) is 0.988. The fraction of sp³-hybridized carbons (Fsp3) is 0.520. The number of hydrogen-bond donors (Lipinski definition) is 1. The third-order valence-electron chi connectivity index (χ3n) is 7.01. The number of aryl methyl sites for hydroxylation is 1. The van der Waals surface area contributed by atoms with Crippen LogP contribution in [0.1, 0.15) is 77.6 Å². The van der Waals surface area contributed by atoms with Gasteiger partial charge < -0.3 is 19.5 Å². The highest BCUT2D eigenvalue weighted by molar-refractivity contribution is 6.06. The molecule has 2 heterocycles. The van der Waals surface area contributed by atoms with Gasteiger partial charge >= 0.3 is 5.97 Å². The molecule has 1 fully saturated rings. The molecule has 2 amide bonds. The van der Waals surface area contributed by atoms with Gasteiger partial charge in [-0.15, -0.1) is 0 Å². The minimum absolute atomic E-state index is 0.0245. The van der Waals surface area contributed by atoms with E-state index in [-0.39, 0.29) is 36.4 Å². The molecule has 176 valence electrons. The van der Waals surface area contributed by atoms with Crippen LogP contribution in [0.5, 0.6) is 0 Å². The third kappa shape index (κ3) is 4.38. The lowest BCUT2D eigenvalue weighted by Gasteiger charge is -2.44. The smallest absolute Gasteiger partial charge is 0.359 e. The van der Waals surface area contributed by atoms with E-state index in [2.05, 4.69) is 10.3 Å². The lowest BCUT2D eigenvalue weighted by atomic mass is 9.92. The number of nitrogens with one attached hydrogen (secondary N) is 1. The number of nitrogens with zero attached hydrogens (tertiary/aromatic N) is 3. The molecule has 1 N–H and O–H groups in total. The maximum Gasteiger partial charge on any atom is 0.359 e. The first kappa shape index (κ1) is 23.0. The Morgan fingerprint density at radius 1 is 1.18 bits per heavy atom. The summed E-state index contributed by atoms with van der Waals surface area (Å²) in [4.78, 5) is 45.5. The summed E-state index contributed by atoms with van der Waals surface area (Å²) < 4.78 is 6.44. The molecule has 1 saturated carbocycles. The molecule has 1 aliphatic carbocycles. The van der Waals surface area contributed by atoms with Crippen molar-refractivity contribution in [1.82, 2.24) is 19.8 Å². The van der Waals surface area contributed by atoms with Crippen molar-refractivity contribution in [2.24, 2.45) is 0 Å². The first-order valence-electron chi connectivity index (χ1n) is 11.7. The highest BCUT2D eigenvalue weighted by atomic mass is 16.5. The third-order valence-corrected chi connectivity index (χ3v) is 7.01. The normalized spacial score (nSPS) is 21.3. The van der Waals surface area contributed by atoms with Crippen molar-refractivity contribution in [1.29, 1.82) is 0 Å². The summed E-state index contributed by atoms with van der Waals surface area (Å²) >= 11 is 0. The number of methoxy groups -OCH3 is 1. The Kier molecular flexibility index (Phi) is 6.54. The van der Waals surface area contributed by atoms with E-state index in [1.807, 2.05) is 31.2 Å². The molecule has 0 spiro atoms. The predicted molar refractivity (Wildman–Crippen MR) is 123 cm³/mol. The molecule has 2 aromatic rings. The molecule has 4 rings (SSSR count). The first-order chi connectivity index (χ1) is 15.8. The largest absolute Gasteiger partial charge is 0.464 e. The molecule has 0 bridgehead atoms. The Balaban J connectivity index is 1.71. The number of imidazole rings is 1. The Hall–Kier alpha value is -3.16. The number of benzene rings is 1. The van der Waals surface area contributed by atoms with Crippen LogP contribution in [0, 0.1) is 6.92 Å². The maximum atomic E-state index is 13.8. The molecule has 8 nitrogen and oxygen atoms in total. The average Bonchev–Trinajstić information content (AvgIpc) is 3.05. The molecule has 33 heavy (non-hydrogen) atoms. The lowest BCUT2D eigenvalue weighted by Crippen LogP contribution is -2.64. The minimum atomic E-state index is -1.13. The van der Waals surface area contributed by atoms with Gasteiger partial charge in [-0.2, -0.15) is 0 Å². The predicted octanol–water partition coefficient (Wildman–Crippen LogP) is 3.23. The van der Waals surface area contributed by atoms with Gasteiger partial charge in [0.1, 0.15) is 11.2 Å². The molecule has 0 unspecified atom stereocenters. The van der Waals surface area contributed by atoms with Gasteiger partial charge in [0, 0.05) is 12.6 Å². The van der Waals surface area contributed by atoms with Crippen molar-refractivity contribution in [3.63, 3.8) is 0 Å². The molecular weight excluding hydrogens is 420 g/mol. The highest BCUT2D eigenvalue weighted by Gasteiger charge is 2.49. The Morgan fingerprint density at radius 3 is 2.55 bits per heavy atom. The number of esters is 1. The van der Waals surface area contributed by atoms with Gasteiger partial charge in [-0.25, -0.2) is 9.78 Å².